The third-order valence-electron chi connectivity index (χ3n) is 3.98. The first kappa shape index (κ1) is 16.6. The van der Waals surface area contributed by atoms with Crippen molar-refractivity contribution >= 4 is 17.5 Å². The number of hydrogen-bond donors (Lipinski definition) is 2. The van der Waals surface area contributed by atoms with E-state index in [9.17, 15) is 0 Å². The molecule has 0 aliphatic heterocycles. The minimum Gasteiger partial charge on any atom is -0.457 e. The van der Waals surface area contributed by atoms with Crippen molar-refractivity contribution in [3.05, 3.63) is 91.1 Å². The van der Waals surface area contributed by atoms with Crippen LogP contribution in [-0.4, -0.2) is 9.97 Å². The molecule has 5 heteroatoms. The van der Waals surface area contributed by atoms with Gasteiger partial charge in [-0.1, -0.05) is 42.5 Å². The van der Waals surface area contributed by atoms with E-state index in [0.717, 1.165) is 22.7 Å². The minimum atomic E-state index is 0.423. The van der Waals surface area contributed by atoms with Crippen LogP contribution in [0.2, 0.25) is 0 Å². The quantitative estimate of drug-likeness (QED) is 0.511. The Balaban J connectivity index is 1.42. The largest absolute Gasteiger partial charge is 0.457 e. The van der Waals surface area contributed by atoms with Crippen LogP contribution in [-0.2, 0) is 0 Å². The third-order valence-corrected chi connectivity index (χ3v) is 3.98. The molecule has 3 N–H and O–H groups in total. The van der Waals surface area contributed by atoms with E-state index in [2.05, 4.69) is 39.6 Å². The molecule has 132 valence electrons. The van der Waals surface area contributed by atoms with Gasteiger partial charge >= 0.3 is 0 Å². The van der Waals surface area contributed by atoms with Gasteiger partial charge in [0.15, 0.2) is 0 Å². The van der Waals surface area contributed by atoms with Gasteiger partial charge in [0.1, 0.15) is 17.3 Å². The second kappa shape index (κ2) is 7.58. The Kier molecular flexibility index (Phi) is 4.66. The first-order chi connectivity index (χ1) is 13.3. The number of nitrogens with zero attached hydrogens (tertiary/aromatic N) is 2. The number of aromatic nitrogens is 2. The Hall–Kier alpha value is -3.86. The summed E-state index contributed by atoms with van der Waals surface area (Å²) in [4.78, 5) is 8.24. The van der Waals surface area contributed by atoms with Gasteiger partial charge in [-0.3, -0.25) is 0 Å². The van der Waals surface area contributed by atoms with Crippen molar-refractivity contribution in [2.75, 3.05) is 11.1 Å². The van der Waals surface area contributed by atoms with E-state index < -0.39 is 0 Å². The first-order valence-corrected chi connectivity index (χ1v) is 8.55. The molecule has 27 heavy (non-hydrogen) atoms. The molecule has 0 saturated carbocycles. The van der Waals surface area contributed by atoms with E-state index >= 15 is 0 Å². The summed E-state index contributed by atoms with van der Waals surface area (Å²) in [5.41, 5.74) is 8.85. The summed E-state index contributed by atoms with van der Waals surface area (Å²) < 4.78 is 5.91. The summed E-state index contributed by atoms with van der Waals surface area (Å²) >= 11 is 0. The van der Waals surface area contributed by atoms with Crippen LogP contribution in [0.25, 0.3) is 11.1 Å². The summed E-state index contributed by atoms with van der Waals surface area (Å²) in [5.74, 6) is 2.42. The molecule has 1 heterocycles. The fraction of sp³-hybridized carbons (Fsp3) is 0. The highest BCUT2D eigenvalue weighted by atomic mass is 16.5. The molecule has 0 amide bonds. The smallest absolute Gasteiger partial charge is 0.229 e. The zero-order valence-electron chi connectivity index (χ0n) is 14.5. The molecule has 0 spiro atoms. The molecule has 0 aliphatic carbocycles. The Morgan fingerprint density at radius 2 is 1.33 bits per heavy atom. The highest BCUT2D eigenvalue weighted by Crippen LogP contribution is 2.27. The van der Waals surface area contributed by atoms with Crippen molar-refractivity contribution < 1.29 is 4.74 Å². The van der Waals surface area contributed by atoms with E-state index in [1.165, 1.54) is 5.56 Å². The second-order valence-electron chi connectivity index (χ2n) is 5.95. The molecule has 0 bridgehead atoms. The Morgan fingerprint density at radius 1 is 0.704 bits per heavy atom. The molecule has 3 aromatic carbocycles. The van der Waals surface area contributed by atoms with Crippen LogP contribution in [0.15, 0.2) is 91.1 Å². The topological polar surface area (TPSA) is 73.1 Å². The average molecular weight is 354 g/mol. The maximum Gasteiger partial charge on any atom is 0.229 e. The lowest BCUT2D eigenvalue weighted by atomic mass is 10.1. The fourth-order valence-electron chi connectivity index (χ4n) is 2.65. The number of benzene rings is 3. The van der Waals surface area contributed by atoms with Gasteiger partial charge in [0.05, 0.1) is 0 Å². The number of ether oxygens (including phenoxy) is 1. The summed E-state index contributed by atoms with van der Waals surface area (Å²) in [6.45, 7) is 0. The Bertz CT molecular complexity index is 1020. The van der Waals surface area contributed by atoms with Crippen LogP contribution in [0.4, 0.5) is 17.5 Å². The molecule has 0 fully saturated rings. The highest BCUT2D eigenvalue weighted by molar-refractivity contribution is 5.64. The molecule has 0 saturated heterocycles. The van der Waals surface area contributed by atoms with Crippen LogP contribution in [0.1, 0.15) is 0 Å². The van der Waals surface area contributed by atoms with Crippen molar-refractivity contribution in [2.24, 2.45) is 0 Å². The van der Waals surface area contributed by atoms with Gasteiger partial charge in [-0.15, -0.1) is 0 Å². The van der Waals surface area contributed by atoms with Crippen molar-refractivity contribution in [3.63, 3.8) is 0 Å². The number of anilines is 3. The van der Waals surface area contributed by atoms with E-state index in [1.54, 1.807) is 12.3 Å². The highest BCUT2D eigenvalue weighted by Gasteiger charge is 2.02. The predicted molar refractivity (Wildman–Crippen MR) is 108 cm³/mol. The zero-order valence-corrected chi connectivity index (χ0v) is 14.5. The predicted octanol–water partition coefficient (Wildman–Crippen LogP) is 5.26. The SMILES string of the molecule is Nc1ccnc(Nc2ccc(Oc3ccc(-c4ccccc4)cc3)cc2)n1. The van der Waals surface area contributed by atoms with Crippen molar-refractivity contribution in [1.29, 1.82) is 0 Å². The number of hydrogen-bond acceptors (Lipinski definition) is 5. The summed E-state index contributed by atoms with van der Waals surface area (Å²) in [7, 11) is 0. The fourth-order valence-corrected chi connectivity index (χ4v) is 2.65. The molecule has 0 radical (unpaired) electrons. The van der Waals surface area contributed by atoms with E-state index in [0.29, 0.717) is 11.8 Å². The number of nitrogens with two attached hydrogens (primary N) is 1. The molecule has 4 rings (SSSR count). The lowest BCUT2D eigenvalue weighted by Gasteiger charge is -2.09. The minimum absolute atomic E-state index is 0.423. The zero-order chi connectivity index (χ0) is 18.5. The van der Waals surface area contributed by atoms with Crippen LogP contribution < -0.4 is 15.8 Å². The molecule has 5 nitrogen and oxygen atoms in total. The van der Waals surface area contributed by atoms with Crippen LogP contribution >= 0.6 is 0 Å². The van der Waals surface area contributed by atoms with Crippen LogP contribution in [0, 0.1) is 0 Å². The van der Waals surface area contributed by atoms with Crippen molar-refractivity contribution in [1.82, 2.24) is 9.97 Å². The Morgan fingerprint density at radius 3 is 2.00 bits per heavy atom. The van der Waals surface area contributed by atoms with E-state index in [4.69, 9.17) is 10.5 Å². The summed E-state index contributed by atoms with van der Waals surface area (Å²) in [6.07, 6.45) is 1.61. The van der Waals surface area contributed by atoms with Crippen molar-refractivity contribution in [3.8, 4) is 22.6 Å². The number of nitrogen functional groups attached to an aromatic ring is 1. The van der Waals surface area contributed by atoms with Crippen LogP contribution in [0.5, 0.6) is 11.5 Å². The molecule has 0 unspecified atom stereocenters. The monoisotopic (exact) mass is 354 g/mol. The average Bonchev–Trinajstić information content (AvgIpc) is 2.71. The van der Waals surface area contributed by atoms with Gasteiger partial charge in [-0.2, -0.15) is 4.98 Å². The van der Waals surface area contributed by atoms with Gasteiger partial charge in [-0.05, 0) is 53.6 Å². The standard InChI is InChI=1S/C22H18N4O/c23-21-14-15-24-22(26-21)25-18-8-12-20(13-9-18)27-19-10-6-17(7-11-19)16-4-2-1-3-5-16/h1-15H,(H3,23,24,25,26). The summed E-state index contributed by atoms with van der Waals surface area (Å²) in [6, 6.07) is 27.5. The molecule has 1 aromatic heterocycles. The lowest BCUT2D eigenvalue weighted by molar-refractivity contribution is 0.483. The maximum atomic E-state index is 5.91. The van der Waals surface area contributed by atoms with Gasteiger partial charge in [-0.25, -0.2) is 4.98 Å². The van der Waals surface area contributed by atoms with E-state index in [1.807, 2.05) is 54.6 Å². The van der Waals surface area contributed by atoms with Gasteiger partial charge in [0, 0.05) is 11.9 Å². The summed E-state index contributed by atoms with van der Waals surface area (Å²) in [5, 5.41) is 3.10. The second-order valence-corrected chi connectivity index (χ2v) is 5.95. The molecule has 4 aromatic rings. The maximum absolute atomic E-state index is 5.91. The van der Waals surface area contributed by atoms with Crippen LogP contribution in [0.3, 0.4) is 0 Å². The molecular formula is C22H18N4O. The third kappa shape index (κ3) is 4.22. The van der Waals surface area contributed by atoms with Gasteiger partial charge < -0.3 is 15.8 Å². The molecule has 0 atom stereocenters. The first-order valence-electron chi connectivity index (χ1n) is 8.55. The lowest BCUT2D eigenvalue weighted by Crippen LogP contribution is -1.99. The normalized spacial score (nSPS) is 10.4. The number of nitrogens with one attached hydrogen (secondary N) is 1. The van der Waals surface area contributed by atoms with E-state index in [-0.39, 0.29) is 0 Å². The van der Waals surface area contributed by atoms with Gasteiger partial charge in [0.2, 0.25) is 5.95 Å². The number of rotatable bonds is 5. The molecular weight excluding hydrogens is 336 g/mol. The Labute approximate surface area is 157 Å². The van der Waals surface area contributed by atoms with Crippen molar-refractivity contribution in [2.45, 2.75) is 0 Å². The van der Waals surface area contributed by atoms with Gasteiger partial charge in [0.25, 0.3) is 0 Å². The molecule has 0 aliphatic rings.